The van der Waals surface area contributed by atoms with Crippen molar-refractivity contribution in [3.8, 4) is 0 Å². The summed E-state index contributed by atoms with van der Waals surface area (Å²) in [4.78, 5) is 17.2. The van der Waals surface area contributed by atoms with Crippen LogP contribution in [0.3, 0.4) is 0 Å². The number of rotatable bonds is 4. The summed E-state index contributed by atoms with van der Waals surface area (Å²) in [6.45, 7) is 2.60. The Kier molecular flexibility index (Phi) is 4.33. The molecule has 0 bridgehead atoms. The molecule has 94 valence electrons. The van der Waals surface area contributed by atoms with Gasteiger partial charge in [-0.3, -0.25) is 4.79 Å². The second kappa shape index (κ2) is 5.98. The van der Waals surface area contributed by atoms with Gasteiger partial charge in [0.1, 0.15) is 0 Å². The molecule has 0 saturated carbocycles. The van der Waals surface area contributed by atoms with Gasteiger partial charge in [-0.05, 0) is 25.1 Å². The molecule has 1 aromatic heterocycles. The molecule has 1 N–H and O–H groups in total. The molecule has 0 saturated heterocycles. The fourth-order valence-corrected chi connectivity index (χ4v) is 2.51. The van der Waals surface area contributed by atoms with Crippen molar-refractivity contribution in [1.29, 1.82) is 0 Å². The van der Waals surface area contributed by atoms with Gasteiger partial charge >= 0.3 is 0 Å². The van der Waals surface area contributed by atoms with Crippen LogP contribution < -0.4 is 5.32 Å². The van der Waals surface area contributed by atoms with Crippen molar-refractivity contribution in [2.24, 2.45) is 0 Å². The average molecular weight is 281 g/mol. The molecule has 0 aliphatic heterocycles. The van der Waals surface area contributed by atoms with E-state index in [1.54, 1.807) is 35.6 Å². The Bertz CT molecular complexity index is 553. The fourth-order valence-electron chi connectivity index (χ4n) is 1.53. The molecular formula is C13H13ClN2OS. The lowest BCUT2D eigenvalue weighted by Gasteiger charge is -2.04. The van der Waals surface area contributed by atoms with E-state index in [0.29, 0.717) is 17.1 Å². The molecule has 0 unspecified atom stereocenters. The Morgan fingerprint density at radius 1 is 1.50 bits per heavy atom. The van der Waals surface area contributed by atoms with Crippen LogP contribution in [0.4, 0.5) is 0 Å². The van der Waals surface area contributed by atoms with E-state index in [0.717, 1.165) is 11.4 Å². The minimum absolute atomic E-state index is 0.106. The summed E-state index contributed by atoms with van der Waals surface area (Å²) in [6, 6.07) is 6.91. The van der Waals surface area contributed by atoms with Crippen molar-refractivity contribution in [2.45, 2.75) is 13.3 Å². The molecule has 0 aliphatic rings. The number of carbonyl (C=O) groups excluding carboxylic acids is 1. The summed E-state index contributed by atoms with van der Waals surface area (Å²) < 4.78 is 0. The summed E-state index contributed by atoms with van der Waals surface area (Å²) in [5.74, 6) is -0.106. The third kappa shape index (κ3) is 3.55. The van der Waals surface area contributed by atoms with Crippen molar-refractivity contribution in [1.82, 2.24) is 10.3 Å². The van der Waals surface area contributed by atoms with Crippen LogP contribution in [0.25, 0.3) is 0 Å². The topological polar surface area (TPSA) is 42.0 Å². The normalized spacial score (nSPS) is 10.3. The van der Waals surface area contributed by atoms with E-state index in [9.17, 15) is 4.79 Å². The number of thiazole rings is 1. The molecule has 2 rings (SSSR count). The summed E-state index contributed by atoms with van der Waals surface area (Å²) in [5, 5.41) is 4.46. The summed E-state index contributed by atoms with van der Waals surface area (Å²) in [7, 11) is 0. The molecule has 5 heteroatoms. The first-order valence-electron chi connectivity index (χ1n) is 5.60. The maximum atomic E-state index is 11.8. The van der Waals surface area contributed by atoms with E-state index in [1.165, 1.54) is 4.88 Å². The lowest BCUT2D eigenvalue weighted by molar-refractivity contribution is 0.0954. The first-order chi connectivity index (χ1) is 8.65. The number of hydrogen-bond donors (Lipinski definition) is 1. The third-order valence-electron chi connectivity index (χ3n) is 2.38. The Labute approximate surface area is 115 Å². The number of hydrogen-bond acceptors (Lipinski definition) is 3. The van der Waals surface area contributed by atoms with Crippen LogP contribution >= 0.6 is 22.9 Å². The van der Waals surface area contributed by atoms with Gasteiger partial charge in [-0.15, -0.1) is 11.3 Å². The molecule has 1 heterocycles. The van der Waals surface area contributed by atoms with Crippen LogP contribution in [0.2, 0.25) is 5.02 Å². The van der Waals surface area contributed by atoms with Gasteiger partial charge in [0.15, 0.2) is 0 Å². The van der Waals surface area contributed by atoms with Crippen LogP contribution in [-0.2, 0) is 6.42 Å². The van der Waals surface area contributed by atoms with E-state index < -0.39 is 0 Å². The number of nitrogens with one attached hydrogen (secondary N) is 1. The Hall–Kier alpha value is -1.39. The van der Waals surface area contributed by atoms with Crippen molar-refractivity contribution in [2.75, 3.05) is 6.54 Å². The highest BCUT2D eigenvalue weighted by molar-refractivity contribution is 7.11. The molecule has 3 nitrogen and oxygen atoms in total. The predicted octanol–water partition coefficient (Wildman–Crippen LogP) is 3.08. The molecule has 0 spiro atoms. The van der Waals surface area contributed by atoms with Gasteiger partial charge in [0, 0.05) is 34.6 Å². The highest BCUT2D eigenvalue weighted by Gasteiger charge is 2.05. The number of amides is 1. The molecule has 1 amide bonds. The van der Waals surface area contributed by atoms with E-state index in [4.69, 9.17) is 11.6 Å². The Balaban J connectivity index is 1.85. The number of nitrogens with zero attached hydrogens (tertiary/aromatic N) is 1. The number of benzene rings is 1. The van der Waals surface area contributed by atoms with E-state index in [1.807, 2.05) is 13.1 Å². The first-order valence-corrected chi connectivity index (χ1v) is 6.79. The quantitative estimate of drug-likeness (QED) is 0.935. The first kappa shape index (κ1) is 13.1. The molecule has 0 fully saturated rings. The highest BCUT2D eigenvalue weighted by atomic mass is 35.5. The molecule has 0 radical (unpaired) electrons. The zero-order chi connectivity index (χ0) is 13.0. The van der Waals surface area contributed by atoms with Gasteiger partial charge in [0.2, 0.25) is 0 Å². The van der Waals surface area contributed by atoms with Gasteiger partial charge in [0.25, 0.3) is 5.91 Å². The second-order valence-corrected chi connectivity index (χ2v) is 5.64. The number of aryl methyl sites for hydroxylation is 1. The lowest BCUT2D eigenvalue weighted by Crippen LogP contribution is -2.25. The molecule has 18 heavy (non-hydrogen) atoms. The highest BCUT2D eigenvalue weighted by Crippen LogP contribution is 2.12. The van der Waals surface area contributed by atoms with Crippen LogP contribution in [0.1, 0.15) is 20.2 Å². The van der Waals surface area contributed by atoms with Crippen molar-refractivity contribution in [3.05, 3.63) is 50.9 Å². The zero-order valence-electron chi connectivity index (χ0n) is 9.94. The molecule has 0 aliphatic carbocycles. The number of halogens is 1. The predicted molar refractivity (Wildman–Crippen MR) is 74.3 cm³/mol. The SMILES string of the molecule is Cc1cnc(CCNC(=O)c2cccc(Cl)c2)s1. The minimum Gasteiger partial charge on any atom is -0.352 e. The number of aromatic nitrogens is 1. The lowest BCUT2D eigenvalue weighted by atomic mass is 10.2. The van der Waals surface area contributed by atoms with E-state index in [-0.39, 0.29) is 5.91 Å². The van der Waals surface area contributed by atoms with E-state index >= 15 is 0 Å². The zero-order valence-corrected chi connectivity index (χ0v) is 11.5. The van der Waals surface area contributed by atoms with Crippen molar-refractivity contribution in [3.63, 3.8) is 0 Å². The standard InChI is InChI=1S/C13H13ClN2OS/c1-9-8-16-12(18-9)5-6-15-13(17)10-3-2-4-11(14)7-10/h2-4,7-8H,5-6H2,1H3,(H,15,17). The van der Waals surface area contributed by atoms with Crippen LogP contribution in [-0.4, -0.2) is 17.4 Å². The summed E-state index contributed by atoms with van der Waals surface area (Å²) in [5.41, 5.74) is 0.581. The van der Waals surface area contributed by atoms with Gasteiger partial charge in [-0.1, -0.05) is 17.7 Å². The maximum absolute atomic E-state index is 11.8. The Morgan fingerprint density at radius 2 is 2.33 bits per heavy atom. The van der Waals surface area contributed by atoms with Gasteiger partial charge < -0.3 is 5.32 Å². The molecule has 1 aromatic carbocycles. The summed E-state index contributed by atoms with van der Waals surface area (Å²) in [6.07, 6.45) is 2.60. The number of carbonyl (C=O) groups is 1. The molecule has 0 atom stereocenters. The molecule has 2 aromatic rings. The smallest absolute Gasteiger partial charge is 0.251 e. The van der Waals surface area contributed by atoms with E-state index in [2.05, 4.69) is 10.3 Å². The van der Waals surface area contributed by atoms with Gasteiger partial charge in [-0.2, -0.15) is 0 Å². The fraction of sp³-hybridized carbons (Fsp3) is 0.231. The minimum atomic E-state index is -0.106. The summed E-state index contributed by atoms with van der Waals surface area (Å²) >= 11 is 7.49. The van der Waals surface area contributed by atoms with Crippen LogP contribution in [0.15, 0.2) is 30.5 Å². The van der Waals surface area contributed by atoms with Crippen molar-refractivity contribution < 1.29 is 4.79 Å². The average Bonchev–Trinajstić information content (AvgIpc) is 2.75. The van der Waals surface area contributed by atoms with Crippen LogP contribution in [0.5, 0.6) is 0 Å². The van der Waals surface area contributed by atoms with Gasteiger partial charge in [-0.25, -0.2) is 4.98 Å². The Morgan fingerprint density at radius 3 is 3.00 bits per heavy atom. The third-order valence-corrected chi connectivity index (χ3v) is 3.59. The second-order valence-electron chi connectivity index (χ2n) is 3.88. The molecular weight excluding hydrogens is 268 g/mol. The van der Waals surface area contributed by atoms with Gasteiger partial charge in [0.05, 0.1) is 5.01 Å². The maximum Gasteiger partial charge on any atom is 0.251 e. The van der Waals surface area contributed by atoms with Crippen LogP contribution in [0, 0.1) is 6.92 Å². The monoisotopic (exact) mass is 280 g/mol. The largest absolute Gasteiger partial charge is 0.352 e. The van der Waals surface area contributed by atoms with Crippen molar-refractivity contribution >= 4 is 28.8 Å².